The molecule has 0 aliphatic heterocycles. The van der Waals surface area contributed by atoms with Crippen LogP contribution >= 0.6 is 11.6 Å². The minimum absolute atomic E-state index is 0.157. The smallest absolute Gasteiger partial charge is 0.271 e. The molecule has 2 rings (SSSR count). The number of hydrogen-bond donors (Lipinski definition) is 1. The molecule has 0 saturated heterocycles. The fraction of sp³-hybridized carbons (Fsp3) is 0.238. The van der Waals surface area contributed by atoms with Gasteiger partial charge in [-0.3, -0.25) is 4.79 Å². The van der Waals surface area contributed by atoms with Crippen molar-refractivity contribution in [2.24, 2.45) is 11.0 Å². The molecule has 0 spiro atoms. The standard InChI is InChI=1S/C21H24ClN3O/c1-16(15-25(2)3)20(14-11-17-9-12-19(22)13-10-17)23-24-21(26)18-7-5-4-6-8-18/h4-14,16H,15H2,1-3H3,(H,24,26)/b14-11+,23-20-/t16-/m0/s1. The molecule has 0 bridgehead atoms. The maximum Gasteiger partial charge on any atom is 0.271 e. The van der Waals surface area contributed by atoms with Gasteiger partial charge < -0.3 is 4.90 Å². The zero-order chi connectivity index (χ0) is 18.9. The van der Waals surface area contributed by atoms with Crippen LogP contribution in [0.2, 0.25) is 5.02 Å². The summed E-state index contributed by atoms with van der Waals surface area (Å²) in [5.41, 5.74) is 5.06. The lowest BCUT2D eigenvalue weighted by atomic mass is 10.0. The lowest BCUT2D eigenvalue weighted by molar-refractivity contribution is 0.0954. The van der Waals surface area contributed by atoms with Crippen molar-refractivity contribution >= 4 is 29.3 Å². The van der Waals surface area contributed by atoms with Gasteiger partial charge in [0, 0.05) is 23.0 Å². The van der Waals surface area contributed by atoms with E-state index < -0.39 is 0 Å². The Morgan fingerprint density at radius 2 is 1.81 bits per heavy atom. The highest BCUT2D eigenvalue weighted by Crippen LogP contribution is 2.12. The van der Waals surface area contributed by atoms with Gasteiger partial charge in [0.2, 0.25) is 0 Å². The molecule has 4 nitrogen and oxygen atoms in total. The van der Waals surface area contributed by atoms with E-state index >= 15 is 0 Å². The van der Waals surface area contributed by atoms with Gasteiger partial charge in [0.1, 0.15) is 0 Å². The first-order chi connectivity index (χ1) is 12.5. The lowest BCUT2D eigenvalue weighted by Crippen LogP contribution is -2.27. The molecule has 0 heterocycles. The van der Waals surface area contributed by atoms with Crippen molar-refractivity contribution in [3.8, 4) is 0 Å². The fourth-order valence-corrected chi connectivity index (χ4v) is 2.60. The van der Waals surface area contributed by atoms with Crippen LogP contribution in [0, 0.1) is 5.92 Å². The normalized spacial score (nSPS) is 13.2. The van der Waals surface area contributed by atoms with Crippen molar-refractivity contribution in [2.75, 3.05) is 20.6 Å². The molecular weight excluding hydrogens is 346 g/mol. The van der Waals surface area contributed by atoms with Crippen molar-refractivity contribution < 1.29 is 4.79 Å². The molecule has 1 atom stereocenters. The third-order valence-electron chi connectivity index (χ3n) is 3.78. The Kier molecular flexibility index (Phi) is 7.57. The number of allylic oxidation sites excluding steroid dienone is 1. The summed E-state index contributed by atoms with van der Waals surface area (Å²) in [6, 6.07) is 16.6. The topological polar surface area (TPSA) is 44.7 Å². The van der Waals surface area contributed by atoms with Gasteiger partial charge >= 0.3 is 0 Å². The molecule has 5 heteroatoms. The predicted molar refractivity (Wildman–Crippen MR) is 110 cm³/mol. The number of amides is 1. The second-order valence-corrected chi connectivity index (χ2v) is 6.83. The number of hydrazone groups is 1. The number of rotatable bonds is 7. The number of halogens is 1. The molecular formula is C21H24ClN3O. The average molecular weight is 370 g/mol. The Morgan fingerprint density at radius 3 is 2.42 bits per heavy atom. The van der Waals surface area contributed by atoms with Crippen molar-refractivity contribution in [2.45, 2.75) is 6.92 Å². The highest BCUT2D eigenvalue weighted by molar-refractivity contribution is 6.30. The van der Waals surface area contributed by atoms with Crippen LogP contribution in [-0.2, 0) is 0 Å². The summed E-state index contributed by atoms with van der Waals surface area (Å²) in [6.07, 6.45) is 3.90. The van der Waals surface area contributed by atoms with Gasteiger partial charge in [0.25, 0.3) is 5.91 Å². The van der Waals surface area contributed by atoms with E-state index in [4.69, 9.17) is 11.6 Å². The minimum atomic E-state index is -0.222. The number of carbonyl (C=O) groups is 1. The Hall–Kier alpha value is -2.43. The molecule has 136 valence electrons. The highest BCUT2D eigenvalue weighted by atomic mass is 35.5. The van der Waals surface area contributed by atoms with Crippen LogP contribution in [0.4, 0.5) is 0 Å². The van der Waals surface area contributed by atoms with Crippen LogP contribution in [0.15, 0.2) is 65.8 Å². The van der Waals surface area contributed by atoms with Crippen LogP contribution in [0.25, 0.3) is 6.08 Å². The average Bonchev–Trinajstić information content (AvgIpc) is 2.63. The van der Waals surface area contributed by atoms with Crippen molar-refractivity contribution in [3.63, 3.8) is 0 Å². The number of benzene rings is 2. The van der Waals surface area contributed by atoms with Gasteiger partial charge in [-0.05, 0) is 50.0 Å². The Balaban J connectivity index is 2.16. The zero-order valence-corrected chi connectivity index (χ0v) is 16.1. The number of nitrogens with one attached hydrogen (secondary N) is 1. The van der Waals surface area contributed by atoms with Crippen molar-refractivity contribution in [1.82, 2.24) is 10.3 Å². The van der Waals surface area contributed by atoms with Crippen LogP contribution < -0.4 is 5.43 Å². The van der Waals surface area contributed by atoms with Gasteiger partial charge in [-0.15, -0.1) is 0 Å². The third kappa shape index (κ3) is 6.47. The van der Waals surface area contributed by atoms with Gasteiger partial charge in [0.05, 0.1) is 5.71 Å². The van der Waals surface area contributed by atoms with Crippen LogP contribution in [0.3, 0.4) is 0 Å². The minimum Gasteiger partial charge on any atom is -0.309 e. The second kappa shape index (κ2) is 9.90. The second-order valence-electron chi connectivity index (χ2n) is 6.39. The Morgan fingerprint density at radius 1 is 1.15 bits per heavy atom. The number of carbonyl (C=O) groups excluding carboxylic acids is 1. The van der Waals surface area contributed by atoms with Gasteiger partial charge in [-0.25, -0.2) is 5.43 Å². The number of hydrogen-bond acceptors (Lipinski definition) is 3. The predicted octanol–water partition coefficient (Wildman–Crippen LogP) is 4.34. The first kappa shape index (κ1) is 19.9. The summed E-state index contributed by atoms with van der Waals surface area (Å²) in [5.74, 6) is -0.0651. The molecule has 0 unspecified atom stereocenters. The summed E-state index contributed by atoms with van der Waals surface area (Å²) >= 11 is 5.92. The van der Waals surface area contributed by atoms with E-state index in [1.165, 1.54) is 0 Å². The van der Waals surface area contributed by atoms with E-state index in [2.05, 4.69) is 22.4 Å². The van der Waals surface area contributed by atoms with Gasteiger partial charge in [0.15, 0.2) is 0 Å². The first-order valence-corrected chi connectivity index (χ1v) is 8.85. The molecule has 1 amide bonds. The summed E-state index contributed by atoms with van der Waals surface area (Å²) in [7, 11) is 4.03. The first-order valence-electron chi connectivity index (χ1n) is 8.47. The maximum atomic E-state index is 12.2. The summed E-state index contributed by atoms with van der Waals surface area (Å²) in [5, 5.41) is 5.06. The molecule has 0 aromatic heterocycles. The Labute approximate surface area is 160 Å². The molecule has 0 saturated carbocycles. The molecule has 2 aromatic carbocycles. The molecule has 2 aromatic rings. The fourth-order valence-electron chi connectivity index (χ4n) is 2.48. The van der Waals surface area contributed by atoms with Crippen molar-refractivity contribution in [1.29, 1.82) is 0 Å². The molecule has 0 fully saturated rings. The molecule has 0 radical (unpaired) electrons. The summed E-state index contributed by atoms with van der Waals surface area (Å²) in [4.78, 5) is 14.3. The van der Waals surface area contributed by atoms with E-state index in [0.29, 0.717) is 10.6 Å². The monoisotopic (exact) mass is 369 g/mol. The van der Waals surface area contributed by atoms with Crippen LogP contribution in [-0.4, -0.2) is 37.2 Å². The largest absolute Gasteiger partial charge is 0.309 e. The Bertz CT molecular complexity index is 768. The third-order valence-corrected chi connectivity index (χ3v) is 4.03. The van der Waals surface area contributed by atoms with E-state index in [-0.39, 0.29) is 11.8 Å². The molecule has 26 heavy (non-hydrogen) atoms. The SMILES string of the molecule is C[C@@H](CN(C)C)C(/C=C/c1ccc(Cl)cc1)=N\NC(=O)c1ccccc1. The molecule has 1 N–H and O–H groups in total. The molecule has 0 aliphatic carbocycles. The molecule has 0 aliphatic rings. The highest BCUT2D eigenvalue weighted by Gasteiger charge is 2.11. The quantitative estimate of drug-likeness (QED) is 0.583. The van der Waals surface area contributed by atoms with E-state index in [9.17, 15) is 4.79 Å². The summed E-state index contributed by atoms with van der Waals surface area (Å²) in [6.45, 7) is 2.91. The van der Waals surface area contributed by atoms with Gasteiger partial charge in [-0.2, -0.15) is 5.10 Å². The van der Waals surface area contributed by atoms with Crippen LogP contribution in [0.1, 0.15) is 22.8 Å². The van der Waals surface area contributed by atoms with Crippen molar-refractivity contribution in [3.05, 3.63) is 76.8 Å². The summed E-state index contributed by atoms with van der Waals surface area (Å²) < 4.78 is 0. The zero-order valence-electron chi connectivity index (χ0n) is 15.3. The van der Waals surface area contributed by atoms with Crippen LogP contribution in [0.5, 0.6) is 0 Å². The van der Waals surface area contributed by atoms with E-state index in [0.717, 1.165) is 17.8 Å². The number of nitrogens with zero attached hydrogens (tertiary/aromatic N) is 2. The van der Waals surface area contributed by atoms with Gasteiger partial charge in [-0.1, -0.05) is 54.9 Å². The van der Waals surface area contributed by atoms with E-state index in [1.807, 2.05) is 68.7 Å². The maximum absolute atomic E-state index is 12.2. The lowest BCUT2D eigenvalue weighted by Gasteiger charge is -2.17. The van der Waals surface area contributed by atoms with E-state index in [1.54, 1.807) is 12.1 Å².